The van der Waals surface area contributed by atoms with Gasteiger partial charge in [0.25, 0.3) is 0 Å². The fraction of sp³-hybridized carbons (Fsp3) is 0.522. The Morgan fingerprint density at radius 2 is 1.81 bits per heavy atom. The summed E-state index contributed by atoms with van der Waals surface area (Å²) in [6, 6.07) is 8.83. The van der Waals surface area contributed by atoms with E-state index in [2.05, 4.69) is 30.0 Å². The minimum Gasteiger partial charge on any atom is -0.367 e. The summed E-state index contributed by atoms with van der Waals surface area (Å²) in [5, 5.41) is 3.11. The van der Waals surface area contributed by atoms with Crippen LogP contribution >= 0.6 is 0 Å². The number of hydrogen-bond acceptors (Lipinski definition) is 6. The van der Waals surface area contributed by atoms with E-state index in [-0.39, 0.29) is 17.6 Å². The van der Waals surface area contributed by atoms with Crippen LogP contribution in [0.15, 0.2) is 36.5 Å². The standard InChI is InChI=1S/C23H31FN6O/c1-18-6-9-26-23(27-18)30-11-7-19(8-12-30)22(31)25-10-13-28-14-16-29(17-15-28)21-5-3-2-4-20(21)24/h2-6,9,19H,7-8,10-17H2,1H3,(H,25,31). The molecule has 2 aliphatic rings. The minimum absolute atomic E-state index is 0.0546. The maximum absolute atomic E-state index is 14.0. The molecule has 31 heavy (non-hydrogen) atoms. The maximum Gasteiger partial charge on any atom is 0.225 e. The molecular formula is C23H31FN6O. The van der Waals surface area contributed by atoms with Crippen molar-refractivity contribution in [2.45, 2.75) is 19.8 Å². The molecule has 0 atom stereocenters. The number of piperidine rings is 1. The van der Waals surface area contributed by atoms with Crippen LogP contribution in [0.4, 0.5) is 16.0 Å². The van der Waals surface area contributed by atoms with Gasteiger partial charge in [-0.2, -0.15) is 0 Å². The molecule has 2 aromatic rings. The Labute approximate surface area is 183 Å². The van der Waals surface area contributed by atoms with Gasteiger partial charge in [-0.3, -0.25) is 9.69 Å². The van der Waals surface area contributed by atoms with Gasteiger partial charge in [0.2, 0.25) is 11.9 Å². The summed E-state index contributed by atoms with van der Waals surface area (Å²) >= 11 is 0. The number of carbonyl (C=O) groups excluding carboxylic acids is 1. The lowest BCUT2D eigenvalue weighted by molar-refractivity contribution is -0.125. The summed E-state index contributed by atoms with van der Waals surface area (Å²) in [5.41, 5.74) is 1.64. The molecule has 3 heterocycles. The van der Waals surface area contributed by atoms with Crippen molar-refractivity contribution in [1.29, 1.82) is 0 Å². The van der Waals surface area contributed by atoms with Crippen LogP contribution in [0.25, 0.3) is 0 Å². The Morgan fingerprint density at radius 3 is 2.52 bits per heavy atom. The number of piperazine rings is 1. The SMILES string of the molecule is Cc1ccnc(N2CCC(C(=O)NCCN3CCN(c4ccccc4F)CC3)CC2)n1. The number of nitrogens with one attached hydrogen (secondary N) is 1. The van der Waals surface area contributed by atoms with Gasteiger partial charge in [-0.05, 0) is 38.0 Å². The molecule has 1 aromatic carbocycles. The molecule has 1 N–H and O–H groups in total. The second kappa shape index (κ2) is 10.0. The molecule has 0 spiro atoms. The Kier molecular flexibility index (Phi) is 6.96. The van der Waals surface area contributed by atoms with Crippen molar-refractivity contribution in [3.05, 3.63) is 48.0 Å². The highest BCUT2D eigenvalue weighted by Crippen LogP contribution is 2.21. The van der Waals surface area contributed by atoms with Gasteiger partial charge in [0, 0.05) is 70.2 Å². The second-order valence-electron chi connectivity index (χ2n) is 8.33. The monoisotopic (exact) mass is 426 g/mol. The summed E-state index contributed by atoms with van der Waals surface area (Å²) in [6.07, 6.45) is 3.43. The summed E-state index contributed by atoms with van der Waals surface area (Å²) < 4.78 is 14.0. The lowest BCUT2D eigenvalue weighted by Crippen LogP contribution is -2.49. The number of halogens is 1. The van der Waals surface area contributed by atoms with E-state index in [0.717, 1.165) is 70.3 Å². The minimum atomic E-state index is -0.164. The first-order valence-electron chi connectivity index (χ1n) is 11.1. The molecule has 0 saturated carbocycles. The number of rotatable bonds is 6. The number of aromatic nitrogens is 2. The van der Waals surface area contributed by atoms with Gasteiger partial charge in [0.15, 0.2) is 0 Å². The van der Waals surface area contributed by atoms with E-state index in [1.54, 1.807) is 12.3 Å². The molecule has 8 heteroatoms. The summed E-state index contributed by atoms with van der Waals surface area (Å²) in [4.78, 5) is 28.0. The Morgan fingerprint density at radius 1 is 1.06 bits per heavy atom. The van der Waals surface area contributed by atoms with Crippen LogP contribution in [0, 0.1) is 18.7 Å². The lowest BCUT2D eigenvalue weighted by atomic mass is 9.96. The highest BCUT2D eigenvalue weighted by Gasteiger charge is 2.26. The fourth-order valence-corrected chi connectivity index (χ4v) is 4.33. The van der Waals surface area contributed by atoms with Crippen LogP contribution < -0.4 is 15.1 Å². The second-order valence-corrected chi connectivity index (χ2v) is 8.33. The van der Waals surface area contributed by atoms with Gasteiger partial charge >= 0.3 is 0 Å². The van der Waals surface area contributed by atoms with Crippen molar-refractivity contribution in [2.24, 2.45) is 5.92 Å². The predicted molar refractivity (Wildman–Crippen MR) is 120 cm³/mol. The van der Waals surface area contributed by atoms with Crippen molar-refractivity contribution in [3.8, 4) is 0 Å². The maximum atomic E-state index is 14.0. The smallest absolute Gasteiger partial charge is 0.225 e. The van der Waals surface area contributed by atoms with Crippen LogP contribution in [0.1, 0.15) is 18.5 Å². The third-order valence-corrected chi connectivity index (χ3v) is 6.22. The summed E-state index contributed by atoms with van der Waals surface area (Å²) in [7, 11) is 0. The van der Waals surface area contributed by atoms with E-state index >= 15 is 0 Å². The number of anilines is 2. The quantitative estimate of drug-likeness (QED) is 0.763. The number of aryl methyl sites for hydroxylation is 1. The molecule has 1 aromatic heterocycles. The van der Waals surface area contributed by atoms with Gasteiger partial charge in [0.05, 0.1) is 5.69 Å². The molecule has 7 nitrogen and oxygen atoms in total. The molecule has 2 fully saturated rings. The van der Waals surface area contributed by atoms with Crippen molar-refractivity contribution >= 4 is 17.5 Å². The summed E-state index contributed by atoms with van der Waals surface area (Å²) in [6.45, 7) is 8.40. The van der Waals surface area contributed by atoms with E-state index in [1.807, 2.05) is 25.1 Å². The number of para-hydroxylation sites is 1. The van der Waals surface area contributed by atoms with E-state index in [0.29, 0.717) is 12.2 Å². The highest BCUT2D eigenvalue weighted by atomic mass is 19.1. The zero-order chi connectivity index (χ0) is 21.6. The van der Waals surface area contributed by atoms with E-state index in [9.17, 15) is 9.18 Å². The number of nitrogens with zero attached hydrogens (tertiary/aromatic N) is 5. The molecule has 0 bridgehead atoms. The highest BCUT2D eigenvalue weighted by molar-refractivity contribution is 5.78. The molecule has 0 unspecified atom stereocenters. The average molecular weight is 427 g/mol. The molecule has 1 amide bonds. The average Bonchev–Trinajstić information content (AvgIpc) is 2.80. The molecule has 0 radical (unpaired) electrons. The largest absolute Gasteiger partial charge is 0.367 e. The first-order valence-corrected chi connectivity index (χ1v) is 11.1. The van der Waals surface area contributed by atoms with Crippen LogP contribution in [-0.2, 0) is 4.79 Å². The van der Waals surface area contributed by atoms with Crippen LogP contribution in [0.3, 0.4) is 0 Å². The van der Waals surface area contributed by atoms with Crippen LogP contribution in [-0.4, -0.2) is 73.1 Å². The first-order chi connectivity index (χ1) is 15.1. The molecule has 2 aliphatic heterocycles. The normalized spacial score (nSPS) is 18.3. The number of hydrogen-bond donors (Lipinski definition) is 1. The Balaban J connectivity index is 1.15. The topological polar surface area (TPSA) is 64.6 Å². The van der Waals surface area contributed by atoms with Crippen molar-refractivity contribution < 1.29 is 9.18 Å². The summed E-state index contributed by atoms with van der Waals surface area (Å²) in [5.74, 6) is 0.797. The Bertz CT molecular complexity index is 878. The molecule has 4 rings (SSSR count). The fourth-order valence-electron chi connectivity index (χ4n) is 4.33. The van der Waals surface area contributed by atoms with Crippen LogP contribution in [0.5, 0.6) is 0 Å². The number of carbonyl (C=O) groups is 1. The zero-order valence-electron chi connectivity index (χ0n) is 18.1. The third kappa shape index (κ3) is 5.50. The van der Waals surface area contributed by atoms with Gasteiger partial charge < -0.3 is 15.1 Å². The van der Waals surface area contributed by atoms with E-state index in [4.69, 9.17) is 0 Å². The predicted octanol–water partition coefficient (Wildman–Crippen LogP) is 2.08. The van der Waals surface area contributed by atoms with E-state index < -0.39 is 0 Å². The molecular weight excluding hydrogens is 395 g/mol. The third-order valence-electron chi connectivity index (χ3n) is 6.22. The first kappa shape index (κ1) is 21.5. The Hall–Kier alpha value is -2.74. The van der Waals surface area contributed by atoms with Gasteiger partial charge in [0.1, 0.15) is 5.82 Å². The number of benzene rings is 1. The van der Waals surface area contributed by atoms with Crippen LogP contribution in [0.2, 0.25) is 0 Å². The van der Waals surface area contributed by atoms with Crippen molar-refractivity contribution in [3.63, 3.8) is 0 Å². The van der Waals surface area contributed by atoms with Gasteiger partial charge in [-0.15, -0.1) is 0 Å². The van der Waals surface area contributed by atoms with Gasteiger partial charge in [-0.1, -0.05) is 12.1 Å². The molecule has 2 saturated heterocycles. The van der Waals surface area contributed by atoms with Gasteiger partial charge in [-0.25, -0.2) is 14.4 Å². The van der Waals surface area contributed by atoms with Crippen molar-refractivity contribution in [2.75, 3.05) is 62.2 Å². The lowest BCUT2D eigenvalue weighted by Gasteiger charge is -2.36. The molecule has 0 aliphatic carbocycles. The molecule has 166 valence electrons. The van der Waals surface area contributed by atoms with E-state index in [1.165, 1.54) is 6.07 Å². The zero-order valence-corrected chi connectivity index (χ0v) is 18.1. The van der Waals surface area contributed by atoms with Crippen molar-refractivity contribution in [1.82, 2.24) is 20.2 Å². The number of amides is 1.